The molecule has 7 heteroatoms. The molecule has 0 aromatic rings. The SMILES string of the molecule is CCCCCCCCCCCCCC(CC1CC(O)CC2(CC3OC(=O)C=CC3O2)O1)OC(C)=O. The van der Waals surface area contributed by atoms with Gasteiger partial charge in [-0.25, -0.2) is 4.79 Å². The Morgan fingerprint density at radius 1 is 1.06 bits per heavy atom. The van der Waals surface area contributed by atoms with E-state index in [2.05, 4.69) is 6.92 Å². The van der Waals surface area contributed by atoms with Gasteiger partial charge in [0.05, 0.1) is 12.2 Å². The van der Waals surface area contributed by atoms with Gasteiger partial charge in [0.1, 0.15) is 18.3 Å². The molecular formula is C28H46O7. The molecule has 3 rings (SSSR count). The van der Waals surface area contributed by atoms with Gasteiger partial charge in [0, 0.05) is 32.3 Å². The second-order valence-corrected chi connectivity index (χ2v) is 10.7. The first-order chi connectivity index (χ1) is 16.9. The second-order valence-electron chi connectivity index (χ2n) is 10.7. The van der Waals surface area contributed by atoms with E-state index in [9.17, 15) is 14.7 Å². The van der Waals surface area contributed by atoms with Crippen LogP contribution >= 0.6 is 0 Å². The molecule has 0 aliphatic carbocycles. The summed E-state index contributed by atoms with van der Waals surface area (Å²) >= 11 is 0. The van der Waals surface area contributed by atoms with Crippen LogP contribution in [0.1, 0.15) is 117 Å². The van der Waals surface area contributed by atoms with Crippen molar-refractivity contribution in [3.05, 3.63) is 12.2 Å². The van der Waals surface area contributed by atoms with Crippen LogP contribution in [0, 0.1) is 0 Å². The first-order valence-electron chi connectivity index (χ1n) is 14.0. The average molecular weight is 495 g/mol. The van der Waals surface area contributed by atoms with Gasteiger partial charge in [-0.2, -0.15) is 0 Å². The molecule has 3 aliphatic rings. The Morgan fingerprint density at radius 3 is 2.37 bits per heavy atom. The third-order valence-electron chi connectivity index (χ3n) is 7.37. The number of unbranched alkanes of at least 4 members (excludes halogenated alkanes) is 10. The lowest BCUT2D eigenvalue weighted by atomic mass is 9.92. The molecule has 35 heavy (non-hydrogen) atoms. The summed E-state index contributed by atoms with van der Waals surface area (Å²) in [7, 11) is 0. The zero-order valence-electron chi connectivity index (χ0n) is 21.8. The van der Waals surface area contributed by atoms with Crippen LogP contribution in [0.4, 0.5) is 0 Å². The van der Waals surface area contributed by atoms with Gasteiger partial charge in [-0.1, -0.05) is 71.1 Å². The Bertz CT molecular complexity index is 693. The number of carbonyl (C=O) groups excluding carboxylic acids is 2. The van der Waals surface area contributed by atoms with Crippen molar-refractivity contribution in [3.8, 4) is 0 Å². The molecule has 200 valence electrons. The molecule has 2 fully saturated rings. The molecule has 1 spiro atoms. The van der Waals surface area contributed by atoms with E-state index in [1.807, 2.05) is 0 Å². The van der Waals surface area contributed by atoms with Crippen molar-refractivity contribution < 1.29 is 33.6 Å². The van der Waals surface area contributed by atoms with Crippen molar-refractivity contribution in [2.24, 2.45) is 0 Å². The van der Waals surface area contributed by atoms with Crippen LogP contribution in [-0.2, 0) is 28.5 Å². The van der Waals surface area contributed by atoms with E-state index in [4.69, 9.17) is 18.9 Å². The van der Waals surface area contributed by atoms with Crippen LogP contribution in [-0.4, -0.2) is 53.4 Å². The van der Waals surface area contributed by atoms with Crippen molar-refractivity contribution in [2.45, 2.75) is 153 Å². The van der Waals surface area contributed by atoms with Gasteiger partial charge in [0.2, 0.25) is 0 Å². The lowest BCUT2D eigenvalue weighted by Crippen LogP contribution is -2.47. The minimum absolute atomic E-state index is 0.236. The zero-order valence-corrected chi connectivity index (χ0v) is 21.8. The molecule has 0 bridgehead atoms. The number of carbonyl (C=O) groups is 2. The molecule has 2 saturated heterocycles. The van der Waals surface area contributed by atoms with Crippen LogP contribution in [0.25, 0.3) is 0 Å². The van der Waals surface area contributed by atoms with Crippen LogP contribution < -0.4 is 0 Å². The summed E-state index contributed by atoms with van der Waals surface area (Å²) in [5.74, 6) is -1.63. The van der Waals surface area contributed by atoms with Gasteiger partial charge in [-0.3, -0.25) is 4.79 Å². The second kappa shape index (κ2) is 14.3. The molecule has 6 unspecified atom stereocenters. The maximum atomic E-state index is 11.7. The molecule has 0 aromatic carbocycles. The van der Waals surface area contributed by atoms with E-state index in [1.165, 1.54) is 70.8 Å². The minimum Gasteiger partial charge on any atom is -0.462 e. The number of aliphatic hydroxyl groups is 1. The van der Waals surface area contributed by atoms with Crippen LogP contribution in [0.15, 0.2) is 12.2 Å². The summed E-state index contributed by atoms with van der Waals surface area (Å²) in [6.07, 6.45) is 17.8. The summed E-state index contributed by atoms with van der Waals surface area (Å²) in [4.78, 5) is 23.3. The van der Waals surface area contributed by atoms with Crippen molar-refractivity contribution in [2.75, 3.05) is 0 Å². The van der Waals surface area contributed by atoms with Crippen molar-refractivity contribution in [1.82, 2.24) is 0 Å². The number of ether oxygens (including phenoxy) is 4. The van der Waals surface area contributed by atoms with Crippen LogP contribution in [0.3, 0.4) is 0 Å². The number of rotatable bonds is 15. The lowest BCUT2D eigenvalue weighted by Gasteiger charge is -2.41. The molecular weight excluding hydrogens is 448 g/mol. The first kappa shape index (κ1) is 28.1. The lowest BCUT2D eigenvalue weighted by molar-refractivity contribution is -0.285. The van der Waals surface area contributed by atoms with Crippen LogP contribution in [0.2, 0.25) is 0 Å². The van der Waals surface area contributed by atoms with E-state index in [0.29, 0.717) is 25.7 Å². The van der Waals surface area contributed by atoms with Crippen molar-refractivity contribution in [3.63, 3.8) is 0 Å². The summed E-state index contributed by atoms with van der Waals surface area (Å²) in [6.45, 7) is 3.69. The average Bonchev–Trinajstić information content (AvgIpc) is 3.12. The number of hydrogen-bond acceptors (Lipinski definition) is 7. The monoisotopic (exact) mass is 494 g/mol. The highest BCUT2D eigenvalue weighted by molar-refractivity contribution is 5.83. The van der Waals surface area contributed by atoms with E-state index in [0.717, 1.165) is 19.3 Å². The molecule has 0 saturated carbocycles. The normalized spacial score (nSPS) is 30.8. The fourth-order valence-corrected chi connectivity index (χ4v) is 5.71. The van der Waals surface area contributed by atoms with Gasteiger partial charge in [-0.05, 0) is 25.3 Å². The van der Waals surface area contributed by atoms with Gasteiger partial charge >= 0.3 is 11.9 Å². The quantitative estimate of drug-likeness (QED) is 0.237. The fraction of sp³-hybridized carbons (Fsp3) is 0.857. The minimum atomic E-state index is -0.968. The van der Waals surface area contributed by atoms with E-state index in [1.54, 1.807) is 6.08 Å². The highest BCUT2D eigenvalue weighted by Crippen LogP contribution is 2.44. The summed E-state index contributed by atoms with van der Waals surface area (Å²) in [6, 6.07) is 0. The van der Waals surface area contributed by atoms with E-state index in [-0.39, 0.29) is 36.4 Å². The fourth-order valence-electron chi connectivity index (χ4n) is 5.71. The Balaban J connectivity index is 1.39. The van der Waals surface area contributed by atoms with E-state index >= 15 is 0 Å². The highest BCUT2D eigenvalue weighted by Gasteiger charge is 2.53. The number of hydrogen-bond donors (Lipinski definition) is 1. The Labute approximate surface area is 210 Å². The zero-order chi connectivity index (χ0) is 25.1. The Morgan fingerprint density at radius 2 is 1.71 bits per heavy atom. The standard InChI is InChI=1S/C28H46O7/c1-3-4-5-6-7-8-9-10-11-12-13-14-23(32-21(2)29)18-24-17-22(30)19-28(34-24)20-26-25(35-28)15-16-27(31)33-26/h15-16,22-26,30H,3-14,17-20H2,1-2H3. The summed E-state index contributed by atoms with van der Waals surface area (Å²) in [5.41, 5.74) is 0. The number of fused-ring (bicyclic) bond motifs is 1. The smallest absolute Gasteiger partial charge is 0.330 e. The third kappa shape index (κ3) is 9.51. The molecule has 6 atom stereocenters. The molecule has 7 nitrogen and oxygen atoms in total. The molecule has 3 aliphatic heterocycles. The molecule has 1 N–H and O–H groups in total. The molecule has 3 heterocycles. The Hall–Kier alpha value is -1.44. The van der Waals surface area contributed by atoms with Gasteiger partial charge in [0.15, 0.2) is 5.79 Å². The van der Waals surface area contributed by atoms with Gasteiger partial charge < -0.3 is 24.1 Å². The molecule has 0 aromatic heterocycles. The first-order valence-corrected chi connectivity index (χ1v) is 14.0. The largest absolute Gasteiger partial charge is 0.462 e. The van der Waals surface area contributed by atoms with Crippen molar-refractivity contribution in [1.29, 1.82) is 0 Å². The summed E-state index contributed by atoms with van der Waals surface area (Å²) < 4.78 is 23.5. The van der Waals surface area contributed by atoms with Gasteiger partial charge in [-0.15, -0.1) is 0 Å². The highest BCUT2D eigenvalue weighted by atomic mass is 16.7. The Kier molecular flexibility index (Phi) is 11.5. The van der Waals surface area contributed by atoms with Crippen molar-refractivity contribution >= 4 is 11.9 Å². The maximum Gasteiger partial charge on any atom is 0.330 e. The topological polar surface area (TPSA) is 91.3 Å². The van der Waals surface area contributed by atoms with E-state index < -0.39 is 11.9 Å². The predicted molar refractivity (Wildman–Crippen MR) is 133 cm³/mol. The van der Waals surface area contributed by atoms with Crippen LogP contribution in [0.5, 0.6) is 0 Å². The number of aliphatic hydroxyl groups excluding tert-OH is 1. The number of esters is 2. The van der Waals surface area contributed by atoms with Gasteiger partial charge in [0.25, 0.3) is 0 Å². The third-order valence-corrected chi connectivity index (χ3v) is 7.37. The summed E-state index contributed by atoms with van der Waals surface area (Å²) in [5, 5.41) is 10.6. The maximum absolute atomic E-state index is 11.7. The predicted octanol–water partition coefficient (Wildman–Crippen LogP) is 5.52. The molecule has 0 amide bonds. The molecule has 0 radical (unpaired) electrons.